The average Bonchev–Trinajstić information content (AvgIpc) is 2.73. The summed E-state index contributed by atoms with van der Waals surface area (Å²) in [6, 6.07) is 11.3. The van der Waals surface area contributed by atoms with Gasteiger partial charge in [-0.05, 0) is 29.8 Å². The van der Waals surface area contributed by atoms with E-state index in [0.717, 1.165) is 10.0 Å². The molecule has 0 bridgehead atoms. The maximum Gasteiger partial charge on any atom is 0.261 e. The molecule has 2 aromatic rings. The van der Waals surface area contributed by atoms with Crippen LogP contribution in [-0.4, -0.2) is 5.91 Å². The Kier molecular flexibility index (Phi) is 4.20. The first-order valence-electron chi connectivity index (χ1n) is 4.93. The second-order valence-corrected chi connectivity index (χ2v) is 6.05. The van der Waals surface area contributed by atoms with Crippen molar-refractivity contribution in [1.29, 1.82) is 0 Å². The van der Waals surface area contributed by atoms with Crippen LogP contribution in [0.25, 0.3) is 0 Å². The van der Waals surface area contributed by atoms with Crippen molar-refractivity contribution < 1.29 is 4.79 Å². The van der Waals surface area contributed by atoms with Crippen molar-refractivity contribution in [3.8, 4) is 0 Å². The summed E-state index contributed by atoms with van der Waals surface area (Å²) >= 11 is 10.4. The predicted octanol–water partition coefficient (Wildman–Crippen LogP) is 4.09. The smallest absolute Gasteiger partial charge is 0.261 e. The Bertz CT molecular complexity index is 541. The van der Waals surface area contributed by atoms with Gasteiger partial charge in [0.2, 0.25) is 0 Å². The number of benzene rings is 1. The summed E-state index contributed by atoms with van der Waals surface area (Å²) in [6.07, 6.45) is 0. The lowest BCUT2D eigenvalue weighted by atomic mass is 10.2. The first kappa shape index (κ1) is 12.6. The van der Waals surface area contributed by atoms with E-state index < -0.39 is 0 Å². The molecule has 0 aliphatic rings. The van der Waals surface area contributed by atoms with Crippen molar-refractivity contribution in [3.05, 3.63) is 55.6 Å². The molecular formula is C12H9BrClNOS. The molecule has 0 atom stereocenters. The van der Waals surface area contributed by atoms with Crippen LogP contribution in [0.15, 0.2) is 40.9 Å². The highest BCUT2D eigenvalue weighted by Gasteiger charge is 2.07. The summed E-state index contributed by atoms with van der Waals surface area (Å²) in [6.45, 7) is 0.508. The fraction of sp³-hybridized carbons (Fsp3) is 0.0833. The molecule has 1 amide bonds. The van der Waals surface area contributed by atoms with Crippen LogP contribution in [0, 0.1) is 0 Å². The molecule has 5 heteroatoms. The van der Waals surface area contributed by atoms with Gasteiger partial charge in [-0.3, -0.25) is 4.79 Å². The number of halogens is 2. The van der Waals surface area contributed by atoms with Gasteiger partial charge in [0.05, 0.1) is 9.21 Å². The van der Waals surface area contributed by atoms with Gasteiger partial charge in [-0.25, -0.2) is 0 Å². The fourth-order valence-electron chi connectivity index (χ4n) is 1.35. The fourth-order valence-corrected chi connectivity index (χ4v) is 2.76. The minimum atomic E-state index is -0.0955. The van der Waals surface area contributed by atoms with E-state index in [2.05, 4.69) is 21.2 Å². The topological polar surface area (TPSA) is 29.1 Å². The minimum Gasteiger partial charge on any atom is -0.347 e. The van der Waals surface area contributed by atoms with Gasteiger partial charge in [0.1, 0.15) is 0 Å². The SMILES string of the molecule is O=C(NCc1cccc(Br)c1)c1ccc(Cl)s1. The molecule has 1 aromatic heterocycles. The Morgan fingerprint density at radius 2 is 2.18 bits per heavy atom. The molecule has 88 valence electrons. The van der Waals surface area contributed by atoms with Crippen molar-refractivity contribution >= 4 is 44.8 Å². The van der Waals surface area contributed by atoms with E-state index in [1.807, 2.05) is 24.3 Å². The number of thiophene rings is 1. The Balaban J connectivity index is 1.97. The van der Waals surface area contributed by atoms with Crippen molar-refractivity contribution in [1.82, 2.24) is 5.32 Å². The van der Waals surface area contributed by atoms with Gasteiger partial charge in [-0.15, -0.1) is 11.3 Å². The van der Waals surface area contributed by atoms with E-state index in [9.17, 15) is 4.79 Å². The standard InChI is InChI=1S/C12H9BrClNOS/c13-9-3-1-2-8(6-9)7-15-12(16)10-4-5-11(14)17-10/h1-6H,7H2,(H,15,16). The molecule has 17 heavy (non-hydrogen) atoms. The molecule has 0 spiro atoms. The number of rotatable bonds is 3. The highest BCUT2D eigenvalue weighted by Crippen LogP contribution is 2.21. The Morgan fingerprint density at radius 3 is 2.82 bits per heavy atom. The van der Waals surface area contributed by atoms with Crippen LogP contribution < -0.4 is 5.32 Å². The van der Waals surface area contributed by atoms with Crippen LogP contribution in [0.2, 0.25) is 4.34 Å². The third-order valence-corrected chi connectivity index (χ3v) is 3.86. The number of hydrogen-bond donors (Lipinski definition) is 1. The lowest BCUT2D eigenvalue weighted by molar-refractivity contribution is 0.0955. The number of carbonyl (C=O) groups excluding carboxylic acids is 1. The van der Waals surface area contributed by atoms with Crippen molar-refractivity contribution in [2.24, 2.45) is 0 Å². The van der Waals surface area contributed by atoms with E-state index >= 15 is 0 Å². The molecule has 1 N–H and O–H groups in total. The molecule has 1 heterocycles. The van der Waals surface area contributed by atoms with Crippen molar-refractivity contribution in [2.45, 2.75) is 6.54 Å². The second kappa shape index (κ2) is 5.67. The van der Waals surface area contributed by atoms with E-state index in [1.165, 1.54) is 11.3 Å². The summed E-state index contributed by atoms with van der Waals surface area (Å²) in [4.78, 5) is 12.4. The third-order valence-electron chi connectivity index (χ3n) is 2.14. The first-order chi connectivity index (χ1) is 8.15. The van der Waals surface area contributed by atoms with Crippen LogP contribution in [0.4, 0.5) is 0 Å². The highest BCUT2D eigenvalue weighted by molar-refractivity contribution is 9.10. The van der Waals surface area contributed by atoms with E-state index in [0.29, 0.717) is 15.8 Å². The summed E-state index contributed by atoms with van der Waals surface area (Å²) in [5, 5.41) is 2.85. The number of amides is 1. The normalized spacial score (nSPS) is 10.2. The number of nitrogens with one attached hydrogen (secondary N) is 1. The molecule has 0 saturated carbocycles. The van der Waals surface area contributed by atoms with Crippen molar-refractivity contribution in [3.63, 3.8) is 0 Å². The molecule has 0 fully saturated rings. The molecular weight excluding hydrogens is 322 g/mol. The van der Waals surface area contributed by atoms with Crippen LogP contribution in [0.1, 0.15) is 15.2 Å². The first-order valence-corrected chi connectivity index (χ1v) is 6.92. The van der Waals surface area contributed by atoms with Gasteiger partial charge in [-0.1, -0.05) is 39.7 Å². The van der Waals surface area contributed by atoms with Crippen LogP contribution >= 0.6 is 38.9 Å². The number of carbonyl (C=O) groups is 1. The molecule has 2 rings (SSSR count). The largest absolute Gasteiger partial charge is 0.347 e. The van der Waals surface area contributed by atoms with Gasteiger partial charge < -0.3 is 5.32 Å². The van der Waals surface area contributed by atoms with Gasteiger partial charge in [0.15, 0.2) is 0 Å². The molecule has 0 unspecified atom stereocenters. The Labute approximate surface area is 117 Å². The summed E-state index contributed by atoms with van der Waals surface area (Å²) in [5.74, 6) is -0.0955. The quantitative estimate of drug-likeness (QED) is 0.902. The highest BCUT2D eigenvalue weighted by atomic mass is 79.9. The summed E-state index contributed by atoms with van der Waals surface area (Å²) in [5.41, 5.74) is 1.05. The van der Waals surface area contributed by atoms with Crippen LogP contribution in [-0.2, 0) is 6.54 Å². The third kappa shape index (κ3) is 3.56. The van der Waals surface area contributed by atoms with Crippen LogP contribution in [0.5, 0.6) is 0 Å². The zero-order valence-corrected chi connectivity index (χ0v) is 11.9. The molecule has 0 aliphatic carbocycles. The second-order valence-electron chi connectivity index (χ2n) is 3.42. The molecule has 2 nitrogen and oxygen atoms in total. The lowest BCUT2D eigenvalue weighted by Crippen LogP contribution is -2.21. The summed E-state index contributed by atoms with van der Waals surface area (Å²) in [7, 11) is 0. The zero-order chi connectivity index (χ0) is 12.3. The molecule has 0 aliphatic heterocycles. The summed E-state index contributed by atoms with van der Waals surface area (Å²) < 4.78 is 1.63. The maximum atomic E-state index is 11.7. The molecule has 0 radical (unpaired) electrons. The van der Waals surface area contributed by atoms with Crippen molar-refractivity contribution in [2.75, 3.05) is 0 Å². The zero-order valence-electron chi connectivity index (χ0n) is 8.74. The van der Waals surface area contributed by atoms with E-state index in [1.54, 1.807) is 12.1 Å². The van der Waals surface area contributed by atoms with Crippen LogP contribution in [0.3, 0.4) is 0 Å². The minimum absolute atomic E-state index is 0.0955. The molecule has 0 saturated heterocycles. The average molecular weight is 331 g/mol. The van der Waals surface area contributed by atoms with Gasteiger partial charge >= 0.3 is 0 Å². The Morgan fingerprint density at radius 1 is 1.35 bits per heavy atom. The monoisotopic (exact) mass is 329 g/mol. The van der Waals surface area contributed by atoms with Gasteiger partial charge in [0, 0.05) is 11.0 Å². The Hall–Kier alpha value is -0.840. The maximum absolute atomic E-state index is 11.7. The predicted molar refractivity (Wildman–Crippen MR) is 74.6 cm³/mol. The number of hydrogen-bond acceptors (Lipinski definition) is 2. The van der Waals surface area contributed by atoms with Gasteiger partial charge in [-0.2, -0.15) is 0 Å². The van der Waals surface area contributed by atoms with E-state index in [-0.39, 0.29) is 5.91 Å². The van der Waals surface area contributed by atoms with Gasteiger partial charge in [0.25, 0.3) is 5.91 Å². The van der Waals surface area contributed by atoms with E-state index in [4.69, 9.17) is 11.6 Å². The lowest BCUT2D eigenvalue weighted by Gasteiger charge is -2.04. The molecule has 1 aromatic carbocycles.